The van der Waals surface area contributed by atoms with Gasteiger partial charge in [-0.3, -0.25) is 4.79 Å². The SMILES string of the molecule is COC(=O)c1nn(-c2cccc(Br)c2)cc(C)c1=O. The van der Waals surface area contributed by atoms with Crippen LogP contribution in [0.2, 0.25) is 0 Å². The molecule has 0 fully saturated rings. The monoisotopic (exact) mass is 322 g/mol. The molecule has 0 radical (unpaired) electrons. The van der Waals surface area contributed by atoms with E-state index in [0.717, 1.165) is 10.2 Å². The number of hydrogen-bond acceptors (Lipinski definition) is 4. The average molecular weight is 323 g/mol. The van der Waals surface area contributed by atoms with Gasteiger partial charge < -0.3 is 4.74 Å². The Hall–Kier alpha value is -1.95. The van der Waals surface area contributed by atoms with Crippen LogP contribution in [0, 0.1) is 6.92 Å². The van der Waals surface area contributed by atoms with Crippen molar-refractivity contribution in [1.82, 2.24) is 9.78 Å². The first kappa shape index (κ1) is 13.5. The summed E-state index contributed by atoms with van der Waals surface area (Å²) in [5, 5.41) is 4.02. The zero-order valence-corrected chi connectivity index (χ0v) is 12.0. The molecule has 2 aromatic rings. The molecule has 0 N–H and O–H groups in total. The van der Waals surface area contributed by atoms with Crippen molar-refractivity contribution in [1.29, 1.82) is 0 Å². The van der Waals surface area contributed by atoms with Crippen LogP contribution in [0.15, 0.2) is 39.7 Å². The standard InChI is InChI=1S/C13H11BrN2O3/c1-8-7-16(10-5-3-4-9(14)6-10)15-11(12(8)17)13(18)19-2/h3-7H,1-2H3. The second kappa shape index (κ2) is 5.36. The van der Waals surface area contributed by atoms with E-state index < -0.39 is 11.4 Å². The summed E-state index contributed by atoms with van der Waals surface area (Å²) in [6, 6.07) is 7.37. The van der Waals surface area contributed by atoms with Crippen molar-refractivity contribution in [2.45, 2.75) is 6.92 Å². The summed E-state index contributed by atoms with van der Waals surface area (Å²) in [6.07, 6.45) is 1.58. The van der Waals surface area contributed by atoms with Crippen LogP contribution >= 0.6 is 15.9 Å². The lowest BCUT2D eigenvalue weighted by molar-refractivity contribution is 0.0590. The molecule has 0 bridgehead atoms. The molecule has 0 aliphatic heterocycles. The van der Waals surface area contributed by atoms with Crippen molar-refractivity contribution in [3.63, 3.8) is 0 Å². The number of methoxy groups -OCH3 is 1. The van der Waals surface area contributed by atoms with Crippen LogP contribution in [0.4, 0.5) is 0 Å². The molecule has 1 aromatic heterocycles. The predicted molar refractivity (Wildman–Crippen MR) is 73.6 cm³/mol. The summed E-state index contributed by atoms with van der Waals surface area (Å²) >= 11 is 3.36. The van der Waals surface area contributed by atoms with Gasteiger partial charge in [-0.25, -0.2) is 9.48 Å². The number of nitrogens with zero attached hydrogens (tertiary/aromatic N) is 2. The van der Waals surface area contributed by atoms with Crippen LogP contribution in [0.25, 0.3) is 5.69 Å². The van der Waals surface area contributed by atoms with Crippen molar-refractivity contribution in [2.75, 3.05) is 7.11 Å². The second-order valence-electron chi connectivity index (χ2n) is 3.91. The fraction of sp³-hybridized carbons (Fsp3) is 0.154. The number of ether oxygens (including phenoxy) is 1. The summed E-state index contributed by atoms with van der Waals surface area (Å²) in [6.45, 7) is 1.63. The third-order valence-corrected chi connectivity index (χ3v) is 3.04. The minimum absolute atomic E-state index is 0.220. The highest BCUT2D eigenvalue weighted by Crippen LogP contribution is 2.14. The quantitative estimate of drug-likeness (QED) is 0.794. The van der Waals surface area contributed by atoms with Gasteiger partial charge >= 0.3 is 5.97 Å². The maximum Gasteiger partial charge on any atom is 0.362 e. The van der Waals surface area contributed by atoms with Crippen molar-refractivity contribution in [2.24, 2.45) is 0 Å². The van der Waals surface area contributed by atoms with Gasteiger partial charge in [0, 0.05) is 16.2 Å². The highest BCUT2D eigenvalue weighted by molar-refractivity contribution is 9.10. The molecule has 0 saturated carbocycles. The summed E-state index contributed by atoms with van der Waals surface area (Å²) in [4.78, 5) is 23.4. The number of hydrogen-bond donors (Lipinski definition) is 0. The van der Waals surface area contributed by atoms with Crippen LogP contribution in [0.3, 0.4) is 0 Å². The van der Waals surface area contributed by atoms with E-state index in [9.17, 15) is 9.59 Å². The van der Waals surface area contributed by atoms with Crippen LogP contribution in [-0.2, 0) is 4.74 Å². The van der Waals surface area contributed by atoms with E-state index in [0.29, 0.717) is 5.56 Å². The van der Waals surface area contributed by atoms with E-state index in [4.69, 9.17) is 0 Å². The molecule has 6 heteroatoms. The zero-order valence-electron chi connectivity index (χ0n) is 10.4. The van der Waals surface area contributed by atoms with Gasteiger partial charge in [0.25, 0.3) is 0 Å². The molecule has 2 rings (SSSR count). The number of aryl methyl sites for hydroxylation is 1. The first-order valence-corrected chi connectivity index (χ1v) is 6.27. The summed E-state index contributed by atoms with van der Waals surface area (Å²) < 4.78 is 6.92. The fourth-order valence-corrected chi connectivity index (χ4v) is 1.98. The number of halogens is 1. The Morgan fingerprint density at radius 3 is 2.79 bits per heavy atom. The molecule has 0 aliphatic carbocycles. The lowest BCUT2D eigenvalue weighted by Gasteiger charge is -2.08. The van der Waals surface area contributed by atoms with Crippen LogP contribution in [-0.4, -0.2) is 22.9 Å². The van der Waals surface area contributed by atoms with Crippen molar-refractivity contribution < 1.29 is 9.53 Å². The van der Waals surface area contributed by atoms with Gasteiger partial charge in [-0.05, 0) is 25.1 Å². The third-order valence-electron chi connectivity index (χ3n) is 2.55. The van der Waals surface area contributed by atoms with Gasteiger partial charge in [0.05, 0.1) is 12.8 Å². The Kier molecular flexibility index (Phi) is 3.80. The Bertz CT molecular complexity index is 695. The predicted octanol–water partition coefficient (Wildman–Crippen LogP) is 2.09. The summed E-state index contributed by atoms with van der Waals surface area (Å²) in [5.41, 5.74) is 0.526. The molecule has 0 atom stereocenters. The maximum absolute atomic E-state index is 11.8. The Morgan fingerprint density at radius 1 is 1.42 bits per heavy atom. The lowest BCUT2D eigenvalue weighted by Crippen LogP contribution is -2.24. The van der Waals surface area contributed by atoms with Gasteiger partial charge in [0.15, 0.2) is 0 Å². The number of rotatable bonds is 2. The van der Waals surface area contributed by atoms with Crippen LogP contribution in [0.5, 0.6) is 0 Å². The number of carbonyl (C=O) groups excluding carboxylic acids is 1. The largest absolute Gasteiger partial charge is 0.464 e. The summed E-state index contributed by atoms with van der Waals surface area (Å²) in [5.74, 6) is -0.738. The number of esters is 1. The first-order chi connectivity index (χ1) is 9.02. The molecule has 0 spiro atoms. The molecule has 0 amide bonds. The van der Waals surface area contributed by atoms with Gasteiger partial charge in [-0.1, -0.05) is 22.0 Å². The normalized spacial score (nSPS) is 10.3. The van der Waals surface area contributed by atoms with Crippen molar-refractivity contribution in [3.8, 4) is 5.69 Å². The third kappa shape index (κ3) is 2.73. The molecule has 0 unspecified atom stereocenters. The molecule has 5 nitrogen and oxygen atoms in total. The highest BCUT2D eigenvalue weighted by atomic mass is 79.9. The van der Waals surface area contributed by atoms with E-state index in [1.807, 2.05) is 24.3 Å². The van der Waals surface area contributed by atoms with E-state index in [2.05, 4.69) is 25.8 Å². The number of aromatic nitrogens is 2. The Balaban J connectivity index is 2.63. The van der Waals surface area contributed by atoms with Crippen molar-refractivity contribution in [3.05, 3.63) is 56.4 Å². The Morgan fingerprint density at radius 2 is 2.16 bits per heavy atom. The van der Waals surface area contributed by atoms with Crippen LogP contribution in [0.1, 0.15) is 16.1 Å². The zero-order chi connectivity index (χ0) is 14.0. The van der Waals surface area contributed by atoms with E-state index in [-0.39, 0.29) is 5.69 Å². The molecular weight excluding hydrogens is 312 g/mol. The fourth-order valence-electron chi connectivity index (χ4n) is 1.59. The van der Waals surface area contributed by atoms with E-state index >= 15 is 0 Å². The second-order valence-corrected chi connectivity index (χ2v) is 4.82. The average Bonchev–Trinajstić information content (AvgIpc) is 2.40. The van der Waals surface area contributed by atoms with Gasteiger partial charge in [0.1, 0.15) is 0 Å². The Labute approximate surface area is 118 Å². The number of benzene rings is 1. The molecule has 98 valence electrons. The minimum Gasteiger partial charge on any atom is -0.464 e. The van der Waals surface area contributed by atoms with Crippen molar-refractivity contribution >= 4 is 21.9 Å². The van der Waals surface area contributed by atoms with E-state index in [1.54, 1.807) is 13.1 Å². The lowest BCUT2D eigenvalue weighted by atomic mass is 10.2. The summed E-state index contributed by atoms with van der Waals surface area (Å²) in [7, 11) is 1.22. The minimum atomic E-state index is -0.738. The molecule has 1 aromatic carbocycles. The van der Waals surface area contributed by atoms with Gasteiger partial charge in [0.2, 0.25) is 11.1 Å². The van der Waals surface area contributed by atoms with Gasteiger partial charge in [-0.15, -0.1) is 0 Å². The smallest absolute Gasteiger partial charge is 0.362 e. The van der Waals surface area contributed by atoms with E-state index in [1.165, 1.54) is 11.8 Å². The molecule has 0 aliphatic rings. The molecule has 1 heterocycles. The molecular formula is C13H11BrN2O3. The topological polar surface area (TPSA) is 61.2 Å². The molecule has 19 heavy (non-hydrogen) atoms. The molecule has 0 saturated heterocycles. The highest BCUT2D eigenvalue weighted by Gasteiger charge is 2.16. The number of carbonyl (C=O) groups is 1. The van der Waals surface area contributed by atoms with Gasteiger partial charge in [-0.2, -0.15) is 5.10 Å². The van der Waals surface area contributed by atoms with Crippen LogP contribution < -0.4 is 5.43 Å². The maximum atomic E-state index is 11.8. The first-order valence-electron chi connectivity index (χ1n) is 5.48.